The van der Waals surface area contributed by atoms with Gasteiger partial charge < -0.3 is 5.73 Å². The molecule has 0 amide bonds. The lowest BCUT2D eigenvalue weighted by atomic mass is 9.75. The lowest BCUT2D eigenvalue weighted by molar-refractivity contribution is -0.123. The molecule has 0 aliphatic carbocycles. The third-order valence-corrected chi connectivity index (χ3v) is 3.31. The Morgan fingerprint density at radius 1 is 1.35 bits per heavy atom. The van der Waals surface area contributed by atoms with Crippen LogP contribution in [0.15, 0.2) is 24.3 Å². The highest BCUT2D eigenvalue weighted by atomic mass is 35.5. The Hall–Kier alpha value is -1.02. The Morgan fingerprint density at radius 3 is 2.41 bits per heavy atom. The van der Waals surface area contributed by atoms with Crippen molar-refractivity contribution in [2.75, 3.05) is 11.6 Å². The summed E-state index contributed by atoms with van der Waals surface area (Å²) in [6.07, 6.45) is 0.654. The predicted molar refractivity (Wildman–Crippen MR) is 73.2 cm³/mol. The van der Waals surface area contributed by atoms with Gasteiger partial charge >= 0.3 is 0 Å². The van der Waals surface area contributed by atoms with Crippen LogP contribution in [0.4, 0.5) is 5.69 Å². The molecule has 0 unspecified atom stereocenters. The summed E-state index contributed by atoms with van der Waals surface area (Å²) in [5, 5.41) is 0. The number of Topliss-reactive ketones (excluding diaryl/α,β-unsaturated/α-hetero) is 1. The summed E-state index contributed by atoms with van der Waals surface area (Å²) >= 11 is 5.68. The van der Waals surface area contributed by atoms with E-state index in [1.165, 1.54) is 0 Å². The SMILES string of the molecule is CC(C)(C)[C@H](Cc1ccccc1N)C(=O)CCl. The zero-order valence-electron chi connectivity index (χ0n) is 10.7. The molecule has 0 spiro atoms. The van der Waals surface area contributed by atoms with Crippen LogP contribution in [0.2, 0.25) is 0 Å². The zero-order chi connectivity index (χ0) is 13.1. The van der Waals surface area contributed by atoms with Crippen molar-refractivity contribution in [1.29, 1.82) is 0 Å². The molecular formula is C14H20ClNO. The minimum atomic E-state index is -0.103. The smallest absolute Gasteiger partial charge is 0.151 e. The Kier molecular flexibility index (Phi) is 4.58. The summed E-state index contributed by atoms with van der Waals surface area (Å²) < 4.78 is 0. The van der Waals surface area contributed by atoms with Crippen molar-refractivity contribution in [2.24, 2.45) is 11.3 Å². The molecule has 0 bridgehead atoms. The first-order chi connectivity index (χ1) is 7.86. The first-order valence-electron chi connectivity index (χ1n) is 5.78. The van der Waals surface area contributed by atoms with Crippen molar-refractivity contribution in [3.63, 3.8) is 0 Å². The van der Waals surface area contributed by atoms with Crippen LogP contribution in [-0.2, 0) is 11.2 Å². The number of nitrogen functional groups attached to an aromatic ring is 1. The largest absolute Gasteiger partial charge is 0.399 e. The quantitative estimate of drug-likeness (QED) is 0.661. The molecule has 0 aromatic heterocycles. The van der Waals surface area contributed by atoms with Crippen molar-refractivity contribution >= 4 is 23.1 Å². The molecule has 17 heavy (non-hydrogen) atoms. The van der Waals surface area contributed by atoms with Gasteiger partial charge in [0.1, 0.15) is 0 Å². The molecule has 1 atom stereocenters. The first kappa shape index (κ1) is 14.0. The average molecular weight is 254 g/mol. The summed E-state index contributed by atoms with van der Waals surface area (Å²) in [6, 6.07) is 7.67. The number of para-hydroxylation sites is 1. The number of carbonyl (C=O) groups is 1. The third kappa shape index (κ3) is 3.74. The van der Waals surface area contributed by atoms with Crippen molar-refractivity contribution in [1.82, 2.24) is 0 Å². The number of rotatable bonds is 4. The number of halogens is 1. The number of benzene rings is 1. The molecule has 2 nitrogen and oxygen atoms in total. The molecule has 0 aliphatic rings. The Labute approximate surface area is 108 Å². The Balaban J connectivity index is 2.95. The number of hydrogen-bond acceptors (Lipinski definition) is 2. The molecule has 0 radical (unpaired) electrons. The minimum Gasteiger partial charge on any atom is -0.399 e. The fourth-order valence-electron chi connectivity index (χ4n) is 1.94. The number of nitrogens with two attached hydrogens (primary N) is 1. The number of anilines is 1. The third-order valence-electron chi connectivity index (χ3n) is 3.04. The predicted octanol–water partition coefficient (Wildman–Crippen LogP) is 3.28. The van der Waals surface area contributed by atoms with Crippen LogP contribution in [0, 0.1) is 11.3 Å². The standard InChI is InChI=1S/C14H20ClNO/c1-14(2,3)11(13(17)9-15)8-10-6-4-5-7-12(10)16/h4-7,11H,8-9,16H2,1-3H3/t11-/m1/s1. The van der Waals surface area contributed by atoms with Crippen molar-refractivity contribution in [2.45, 2.75) is 27.2 Å². The van der Waals surface area contributed by atoms with Crippen molar-refractivity contribution in [3.05, 3.63) is 29.8 Å². The van der Waals surface area contributed by atoms with Crippen LogP contribution in [-0.4, -0.2) is 11.7 Å². The minimum absolute atomic E-state index is 0.0642. The van der Waals surface area contributed by atoms with Crippen molar-refractivity contribution in [3.8, 4) is 0 Å². The first-order valence-corrected chi connectivity index (χ1v) is 6.31. The van der Waals surface area contributed by atoms with Gasteiger partial charge in [-0.15, -0.1) is 11.6 Å². The van der Waals surface area contributed by atoms with E-state index in [1.807, 2.05) is 24.3 Å². The van der Waals surface area contributed by atoms with E-state index in [1.54, 1.807) is 0 Å². The van der Waals surface area contributed by atoms with Crippen LogP contribution in [0.3, 0.4) is 0 Å². The van der Waals surface area contributed by atoms with E-state index < -0.39 is 0 Å². The second kappa shape index (κ2) is 5.54. The van der Waals surface area contributed by atoms with Gasteiger partial charge in [0.05, 0.1) is 5.88 Å². The lowest BCUT2D eigenvalue weighted by Crippen LogP contribution is -2.31. The van der Waals surface area contributed by atoms with Crippen LogP contribution in [0.5, 0.6) is 0 Å². The normalized spacial score (nSPS) is 13.4. The molecule has 0 aliphatic heterocycles. The molecule has 94 valence electrons. The van der Waals surface area contributed by atoms with Crippen LogP contribution < -0.4 is 5.73 Å². The maximum atomic E-state index is 11.9. The number of alkyl halides is 1. The molecule has 0 saturated heterocycles. The van der Waals surface area contributed by atoms with Gasteiger partial charge in [-0.3, -0.25) is 4.79 Å². The molecule has 1 rings (SSSR count). The number of hydrogen-bond donors (Lipinski definition) is 1. The van der Waals surface area contributed by atoms with Gasteiger partial charge in [-0.2, -0.15) is 0 Å². The van der Waals surface area contributed by atoms with Gasteiger partial charge in [0, 0.05) is 11.6 Å². The van der Waals surface area contributed by atoms with Gasteiger partial charge in [0.15, 0.2) is 5.78 Å². The van der Waals surface area contributed by atoms with Crippen LogP contribution >= 0.6 is 11.6 Å². The van der Waals surface area contributed by atoms with Gasteiger partial charge in [0.25, 0.3) is 0 Å². The molecule has 3 heteroatoms. The number of ketones is 1. The highest BCUT2D eigenvalue weighted by molar-refractivity contribution is 6.28. The molecule has 2 N–H and O–H groups in total. The molecule has 1 aromatic rings. The summed E-state index contributed by atoms with van der Waals surface area (Å²) in [7, 11) is 0. The van der Waals surface area contributed by atoms with E-state index in [-0.39, 0.29) is 23.0 Å². The second-order valence-corrected chi connectivity index (χ2v) is 5.69. The van der Waals surface area contributed by atoms with E-state index in [0.29, 0.717) is 6.42 Å². The van der Waals surface area contributed by atoms with E-state index in [4.69, 9.17) is 17.3 Å². The maximum absolute atomic E-state index is 11.9. The summed E-state index contributed by atoms with van der Waals surface area (Å²) in [5.41, 5.74) is 7.57. The second-order valence-electron chi connectivity index (χ2n) is 5.42. The van der Waals surface area contributed by atoms with Crippen LogP contribution in [0.1, 0.15) is 26.3 Å². The van der Waals surface area contributed by atoms with Gasteiger partial charge in [-0.05, 0) is 23.5 Å². The van der Waals surface area contributed by atoms with E-state index >= 15 is 0 Å². The lowest BCUT2D eigenvalue weighted by Gasteiger charge is -2.29. The van der Waals surface area contributed by atoms with E-state index in [9.17, 15) is 4.79 Å². The molecular weight excluding hydrogens is 234 g/mol. The Bertz CT molecular complexity index is 395. The Morgan fingerprint density at radius 2 is 1.94 bits per heavy atom. The van der Waals surface area contributed by atoms with Crippen molar-refractivity contribution < 1.29 is 4.79 Å². The van der Waals surface area contributed by atoms with Gasteiger partial charge in [-0.25, -0.2) is 0 Å². The molecule has 0 heterocycles. The summed E-state index contributed by atoms with van der Waals surface area (Å²) in [6.45, 7) is 6.17. The molecule has 0 saturated carbocycles. The van der Waals surface area contributed by atoms with Gasteiger partial charge in [0.2, 0.25) is 0 Å². The number of carbonyl (C=O) groups excluding carboxylic acids is 1. The summed E-state index contributed by atoms with van der Waals surface area (Å²) in [4.78, 5) is 11.9. The van der Waals surface area contributed by atoms with Crippen LogP contribution in [0.25, 0.3) is 0 Å². The fraction of sp³-hybridized carbons (Fsp3) is 0.500. The molecule has 0 fully saturated rings. The monoisotopic (exact) mass is 253 g/mol. The molecule has 1 aromatic carbocycles. The highest BCUT2D eigenvalue weighted by Crippen LogP contribution is 2.31. The van der Waals surface area contributed by atoms with E-state index in [0.717, 1.165) is 11.3 Å². The van der Waals surface area contributed by atoms with E-state index in [2.05, 4.69) is 20.8 Å². The highest BCUT2D eigenvalue weighted by Gasteiger charge is 2.30. The zero-order valence-corrected chi connectivity index (χ0v) is 11.4. The van der Waals surface area contributed by atoms with Gasteiger partial charge in [-0.1, -0.05) is 39.0 Å². The summed E-state index contributed by atoms with van der Waals surface area (Å²) in [5.74, 6) is 0.0569. The maximum Gasteiger partial charge on any atom is 0.151 e. The average Bonchev–Trinajstić information content (AvgIpc) is 2.25. The topological polar surface area (TPSA) is 43.1 Å². The fourth-order valence-corrected chi connectivity index (χ4v) is 2.12.